The number of rotatable bonds is 8. The SMILES string of the molecule is CNC(=O)NC(=O)C(OC(=O)C(NC(=O)c1ccc([N+](=O)[O-])cc1Cl)C(C)C)c1ccccc1. The second-order valence-corrected chi connectivity index (χ2v) is 7.82. The van der Waals surface area contributed by atoms with Crippen LogP contribution in [-0.4, -0.2) is 41.8 Å². The van der Waals surface area contributed by atoms with Crippen molar-refractivity contribution in [3.63, 3.8) is 0 Å². The van der Waals surface area contributed by atoms with E-state index in [1.165, 1.54) is 13.1 Å². The first-order valence-corrected chi connectivity index (χ1v) is 10.5. The van der Waals surface area contributed by atoms with Crippen molar-refractivity contribution in [2.45, 2.75) is 26.0 Å². The fraction of sp³-hybridized carbons (Fsp3) is 0.273. The van der Waals surface area contributed by atoms with Crippen LogP contribution in [0.3, 0.4) is 0 Å². The predicted molar refractivity (Wildman–Crippen MR) is 122 cm³/mol. The Bertz CT molecular complexity index is 1090. The normalized spacial score (nSPS) is 12.3. The van der Waals surface area contributed by atoms with Gasteiger partial charge in [0.05, 0.1) is 15.5 Å². The highest BCUT2D eigenvalue weighted by atomic mass is 35.5. The zero-order chi connectivity index (χ0) is 25.4. The molecule has 0 aliphatic heterocycles. The molecule has 0 aliphatic rings. The lowest BCUT2D eigenvalue weighted by atomic mass is 10.0. The zero-order valence-corrected chi connectivity index (χ0v) is 19.3. The van der Waals surface area contributed by atoms with Gasteiger partial charge in [0.1, 0.15) is 6.04 Å². The minimum absolute atomic E-state index is 0.0808. The number of benzene rings is 2. The Morgan fingerprint density at radius 2 is 1.71 bits per heavy atom. The summed E-state index contributed by atoms with van der Waals surface area (Å²) in [5, 5.41) is 17.5. The van der Waals surface area contributed by atoms with E-state index in [9.17, 15) is 29.3 Å². The number of non-ortho nitro benzene ring substituents is 1. The lowest BCUT2D eigenvalue weighted by Gasteiger charge is -2.24. The van der Waals surface area contributed by atoms with Gasteiger partial charge in [-0.2, -0.15) is 0 Å². The van der Waals surface area contributed by atoms with Crippen LogP contribution >= 0.6 is 11.6 Å². The second-order valence-electron chi connectivity index (χ2n) is 7.41. The lowest BCUT2D eigenvalue weighted by molar-refractivity contribution is -0.384. The summed E-state index contributed by atoms with van der Waals surface area (Å²) in [6.07, 6.45) is -1.47. The highest BCUT2D eigenvalue weighted by molar-refractivity contribution is 6.34. The van der Waals surface area contributed by atoms with Crippen molar-refractivity contribution < 1.29 is 28.8 Å². The van der Waals surface area contributed by atoms with Crippen molar-refractivity contribution in [3.05, 3.63) is 74.8 Å². The monoisotopic (exact) mass is 490 g/mol. The Balaban J connectivity index is 2.26. The van der Waals surface area contributed by atoms with E-state index in [1.54, 1.807) is 44.2 Å². The van der Waals surface area contributed by atoms with Crippen molar-refractivity contribution in [2.75, 3.05) is 7.05 Å². The highest BCUT2D eigenvalue weighted by Gasteiger charge is 2.33. The molecule has 0 saturated carbocycles. The molecule has 0 heterocycles. The molecule has 0 saturated heterocycles. The number of nitrogens with zero attached hydrogens (tertiary/aromatic N) is 1. The fourth-order valence-electron chi connectivity index (χ4n) is 2.85. The molecule has 0 aliphatic carbocycles. The third kappa shape index (κ3) is 6.75. The molecule has 0 fully saturated rings. The number of carbonyl (C=O) groups is 4. The Kier molecular flexibility index (Phi) is 9.08. The number of amides is 4. The van der Waals surface area contributed by atoms with Gasteiger partial charge in [0, 0.05) is 24.7 Å². The fourth-order valence-corrected chi connectivity index (χ4v) is 3.11. The van der Waals surface area contributed by atoms with Gasteiger partial charge in [0.2, 0.25) is 6.10 Å². The van der Waals surface area contributed by atoms with E-state index < -0.39 is 46.8 Å². The highest BCUT2D eigenvalue weighted by Crippen LogP contribution is 2.24. The molecule has 0 radical (unpaired) electrons. The van der Waals surface area contributed by atoms with E-state index in [-0.39, 0.29) is 16.3 Å². The quantitative estimate of drug-likeness (QED) is 0.291. The minimum atomic E-state index is -1.47. The number of halogens is 1. The van der Waals surface area contributed by atoms with E-state index in [4.69, 9.17) is 16.3 Å². The number of urea groups is 1. The van der Waals surface area contributed by atoms with E-state index in [2.05, 4.69) is 16.0 Å². The Hall–Kier alpha value is -3.99. The number of nitrogens with one attached hydrogen (secondary N) is 3. The number of hydrogen-bond acceptors (Lipinski definition) is 7. The van der Waals surface area contributed by atoms with Crippen molar-refractivity contribution in [3.8, 4) is 0 Å². The van der Waals surface area contributed by atoms with E-state index in [0.717, 1.165) is 12.1 Å². The Morgan fingerprint density at radius 1 is 1.06 bits per heavy atom. The molecule has 2 unspecified atom stereocenters. The lowest BCUT2D eigenvalue weighted by Crippen LogP contribution is -2.47. The Morgan fingerprint density at radius 3 is 2.24 bits per heavy atom. The van der Waals surface area contributed by atoms with Gasteiger partial charge in [-0.15, -0.1) is 0 Å². The number of carbonyl (C=O) groups excluding carboxylic acids is 4. The maximum absolute atomic E-state index is 13.0. The van der Waals surface area contributed by atoms with E-state index in [1.807, 2.05) is 0 Å². The maximum Gasteiger partial charge on any atom is 0.330 e. The number of nitro benzene ring substituents is 1. The largest absolute Gasteiger partial charge is 0.446 e. The Labute approximate surface area is 200 Å². The van der Waals surface area contributed by atoms with Crippen molar-refractivity contribution in [1.29, 1.82) is 0 Å². The van der Waals surface area contributed by atoms with Crippen LogP contribution in [0, 0.1) is 16.0 Å². The average molecular weight is 491 g/mol. The molecule has 0 spiro atoms. The molecule has 3 N–H and O–H groups in total. The van der Waals surface area contributed by atoms with Crippen molar-refractivity contribution in [1.82, 2.24) is 16.0 Å². The molecule has 0 aromatic heterocycles. The van der Waals surface area contributed by atoms with Crippen molar-refractivity contribution >= 4 is 41.1 Å². The molecular weight excluding hydrogens is 468 g/mol. The molecule has 2 aromatic rings. The molecule has 34 heavy (non-hydrogen) atoms. The third-order valence-electron chi connectivity index (χ3n) is 4.65. The zero-order valence-electron chi connectivity index (χ0n) is 18.5. The summed E-state index contributed by atoms with van der Waals surface area (Å²) in [5.41, 5.74) is -0.0682. The second kappa shape index (κ2) is 11.8. The standard InChI is InChI=1S/C22H23ClN4O7/c1-12(2)17(25-19(28)15-10-9-14(27(32)33)11-16(15)23)21(30)34-18(13-7-5-4-6-8-13)20(29)26-22(31)24-3/h4-12,17-18H,1-3H3,(H,25,28)(H2,24,26,29,31). The third-order valence-corrected chi connectivity index (χ3v) is 4.97. The number of ether oxygens (including phenoxy) is 1. The van der Waals surface area contributed by atoms with Crippen LogP contribution in [0.1, 0.15) is 35.9 Å². The molecule has 180 valence electrons. The number of esters is 1. The molecule has 4 amide bonds. The first kappa shape index (κ1) is 26.3. The van der Waals surface area contributed by atoms with Gasteiger partial charge in [-0.3, -0.25) is 25.0 Å². The van der Waals surface area contributed by atoms with Crippen molar-refractivity contribution in [2.24, 2.45) is 5.92 Å². The van der Waals surface area contributed by atoms with Gasteiger partial charge in [0.15, 0.2) is 0 Å². The van der Waals surface area contributed by atoms with Gasteiger partial charge in [-0.25, -0.2) is 9.59 Å². The summed E-state index contributed by atoms with van der Waals surface area (Å²) in [7, 11) is 1.32. The van der Waals surface area contributed by atoms with Gasteiger partial charge < -0.3 is 15.4 Å². The number of imide groups is 1. The topological polar surface area (TPSA) is 157 Å². The summed E-state index contributed by atoms with van der Waals surface area (Å²) in [4.78, 5) is 60.1. The molecule has 12 heteroatoms. The van der Waals surface area contributed by atoms with Crippen LogP contribution in [0.15, 0.2) is 48.5 Å². The summed E-state index contributed by atoms with van der Waals surface area (Å²) in [5.74, 6) is -3.04. The van der Waals surface area contributed by atoms with Crippen LogP contribution in [0.25, 0.3) is 0 Å². The summed E-state index contributed by atoms with van der Waals surface area (Å²) < 4.78 is 5.42. The molecular formula is C22H23ClN4O7. The number of hydrogen-bond donors (Lipinski definition) is 3. The van der Waals surface area contributed by atoms with E-state index >= 15 is 0 Å². The van der Waals surface area contributed by atoms with E-state index in [0.29, 0.717) is 5.56 Å². The predicted octanol–water partition coefficient (Wildman–Crippen LogP) is 2.74. The minimum Gasteiger partial charge on any atom is -0.446 e. The van der Waals surface area contributed by atoms with Crippen LogP contribution in [0.4, 0.5) is 10.5 Å². The maximum atomic E-state index is 13.0. The van der Waals surface area contributed by atoms with Crippen LogP contribution in [0.5, 0.6) is 0 Å². The molecule has 2 rings (SSSR count). The first-order valence-electron chi connectivity index (χ1n) is 10.1. The van der Waals surface area contributed by atoms with Gasteiger partial charge in [-0.05, 0) is 12.0 Å². The molecule has 11 nitrogen and oxygen atoms in total. The molecule has 0 bridgehead atoms. The first-order chi connectivity index (χ1) is 16.0. The van der Waals surface area contributed by atoms with Crippen LogP contribution in [0.2, 0.25) is 5.02 Å². The van der Waals surface area contributed by atoms with Gasteiger partial charge in [0.25, 0.3) is 17.5 Å². The summed E-state index contributed by atoms with van der Waals surface area (Å²) >= 11 is 6.01. The van der Waals surface area contributed by atoms with Crippen LogP contribution < -0.4 is 16.0 Å². The average Bonchev–Trinajstić information content (AvgIpc) is 2.80. The smallest absolute Gasteiger partial charge is 0.330 e. The number of nitro groups is 1. The summed E-state index contributed by atoms with van der Waals surface area (Å²) in [6, 6.07) is 9.35. The molecule has 2 aromatic carbocycles. The summed E-state index contributed by atoms with van der Waals surface area (Å²) in [6.45, 7) is 3.29. The van der Waals surface area contributed by atoms with Crippen LogP contribution in [-0.2, 0) is 14.3 Å². The van der Waals surface area contributed by atoms with Gasteiger partial charge >= 0.3 is 12.0 Å². The molecule has 2 atom stereocenters. The van der Waals surface area contributed by atoms with Gasteiger partial charge in [-0.1, -0.05) is 55.8 Å².